The normalized spacial score (nSPS) is 11.9. The van der Waals surface area contributed by atoms with Gasteiger partial charge in [0.25, 0.3) is 0 Å². The molecule has 2 amide bonds. The molecule has 0 saturated heterocycles. The number of carbonyl (C=O) groups excluding carboxylic acids is 2. The van der Waals surface area contributed by atoms with Gasteiger partial charge in [0.15, 0.2) is 0 Å². The Morgan fingerprint density at radius 2 is 1.64 bits per heavy atom. The van der Waals surface area contributed by atoms with E-state index >= 15 is 0 Å². The molecule has 1 atom stereocenters. The van der Waals surface area contributed by atoms with Gasteiger partial charge in [-0.2, -0.15) is 0 Å². The zero-order valence-electron chi connectivity index (χ0n) is 16.8. The number of nitrogens with zero attached hydrogens (tertiary/aromatic N) is 1. The van der Waals surface area contributed by atoms with Crippen LogP contribution in [0.2, 0.25) is 0 Å². The van der Waals surface area contributed by atoms with Gasteiger partial charge in [-0.05, 0) is 29.2 Å². The molecule has 4 nitrogen and oxygen atoms in total. The maximum atomic E-state index is 13.0. The van der Waals surface area contributed by atoms with Crippen molar-refractivity contribution in [2.24, 2.45) is 5.92 Å². The Labute approximate surface area is 176 Å². The van der Waals surface area contributed by atoms with Crippen LogP contribution in [0.3, 0.4) is 0 Å². The van der Waals surface area contributed by atoms with Gasteiger partial charge in [-0.25, -0.2) is 0 Å². The number of hydrogen-bond donors (Lipinski definition) is 1. The van der Waals surface area contributed by atoms with Gasteiger partial charge < -0.3 is 10.2 Å². The molecule has 1 N–H and O–H groups in total. The summed E-state index contributed by atoms with van der Waals surface area (Å²) in [5, 5.41) is 3.02. The van der Waals surface area contributed by atoms with Gasteiger partial charge in [0.1, 0.15) is 6.04 Å². The van der Waals surface area contributed by atoms with E-state index in [0.717, 1.165) is 15.6 Å². The predicted molar refractivity (Wildman–Crippen MR) is 117 cm³/mol. The van der Waals surface area contributed by atoms with Crippen molar-refractivity contribution in [2.45, 2.75) is 46.2 Å². The van der Waals surface area contributed by atoms with Crippen LogP contribution in [-0.2, 0) is 22.6 Å². The number of halogens is 1. The van der Waals surface area contributed by atoms with Crippen LogP contribution < -0.4 is 5.32 Å². The van der Waals surface area contributed by atoms with Crippen molar-refractivity contribution in [3.05, 3.63) is 70.2 Å². The van der Waals surface area contributed by atoms with E-state index in [0.29, 0.717) is 31.8 Å². The number of nitrogens with one attached hydrogen (secondary N) is 1. The van der Waals surface area contributed by atoms with Gasteiger partial charge in [0, 0.05) is 30.4 Å². The van der Waals surface area contributed by atoms with Crippen molar-refractivity contribution in [3.8, 4) is 0 Å². The van der Waals surface area contributed by atoms with Crippen LogP contribution in [0.15, 0.2) is 59.1 Å². The molecule has 0 bridgehead atoms. The molecule has 0 aliphatic heterocycles. The van der Waals surface area contributed by atoms with Gasteiger partial charge in [-0.15, -0.1) is 0 Å². The number of rotatable bonds is 9. The highest BCUT2D eigenvalue weighted by Crippen LogP contribution is 2.17. The fourth-order valence-electron chi connectivity index (χ4n) is 2.97. The molecule has 2 aromatic rings. The maximum absolute atomic E-state index is 13.0. The van der Waals surface area contributed by atoms with Crippen molar-refractivity contribution in [2.75, 3.05) is 6.54 Å². The second kappa shape index (κ2) is 11.0. The van der Waals surface area contributed by atoms with Crippen LogP contribution >= 0.6 is 15.9 Å². The van der Waals surface area contributed by atoms with Crippen molar-refractivity contribution < 1.29 is 9.59 Å². The highest BCUT2D eigenvalue weighted by Gasteiger charge is 2.29. The Balaban J connectivity index is 2.31. The van der Waals surface area contributed by atoms with E-state index in [-0.39, 0.29) is 11.8 Å². The lowest BCUT2D eigenvalue weighted by molar-refractivity contribution is -0.141. The Morgan fingerprint density at radius 1 is 1.00 bits per heavy atom. The first kappa shape index (κ1) is 22.2. The monoisotopic (exact) mass is 444 g/mol. The molecular formula is C23H29BrN2O2. The van der Waals surface area contributed by atoms with E-state index in [1.165, 1.54) is 0 Å². The van der Waals surface area contributed by atoms with E-state index < -0.39 is 6.04 Å². The number of benzene rings is 2. The van der Waals surface area contributed by atoms with Crippen LogP contribution in [0.25, 0.3) is 0 Å². The molecule has 2 rings (SSSR count). The van der Waals surface area contributed by atoms with Gasteiger partial charge in [-0.3, -0.25) is 9.59 Å². The smallest absolute Gasteiger partial charge is 0.243 e. The molecule has 0 aromatic heterocycles. The van der Waals surface area contributed by atoms with Crippen molar-refractivity contribution in [3.63, 3.8) is 0 Å². The molecule has 0 saturated carbocycles. The average molecular weight is 445 g/mol. The largest absolute Gasteiger partial charge is 0.354 e. The predicted octanol–water partition coefficient (Wildman–Crippen LogP) is 4.57. The Kier molecular flexibility index (Phi) is 8.71. The molecule has 150 valence electrons. The Morgan fingerprint density at radius 3 is 2.21 bits per heavy atom. The summed E-state index contributed by atoms with van der Waals surface area (Å²) in [5.41, 5.74) is 2.04. The molecule has 0 aliphatic rings. The summed E-state index contributed by atoms with van der Waals surface area (Å²) >= 11 is 3.44. The fraction of sp³-hybridized carbons (Fsp3) is 0.391. The second-order valence-corrected chi connectivity index (χ2v) is 8.26. The Hall–Kier alpha value is -2.14. The summed E-state index contributed by atoms with van der Waals surface area (Å²) in [6.45, 7) is 6.96. The molecule has 0 aliphatic carbocycles. The van der Waals surface area contributed by atoms with Crippen LogP contribution in [0, 0.1) is 5.92 Å². The first-order valence-electron chi connectivity index (χ1n) is 9.76. The van der Waals surface area contributed by atoms with Crippen molar-refractivity contribution >= 4 is 27.7 Å². The quantitative estimate of drug-likeness (QED) is 0.615. The topological polar surface area (TPSA) is 49.4 Å². The molecule has 0 fully saturated rings. The summed E-state index contributed by atoms with van der Waals surface area (Å²) in [7, 11) is 0. The SMILES string of the molecule is CCC(=O)N(Cc1ccc(Br)cc1)C(Cc1ccccc1)C(=O)NCC(C)C. The molecule has 1 unspecified atom stereocenters. The minimum absolute atomic E-state index is 0.0245. The van der Waals surface area contributed by atoms with Gasteiger partial charge >= 0.3 is 0 Å². The van der Waals surface area contributed by atoms with Crippen LogP contribution in [0.1, 0.15) is 38.3 Å². The third-order valence-corrected chi connectivity index (χ3v) is 5.05. The van der Waals surface area contributed by atoms with E-state index in [4.69, 9.17) is 0 Å². The average Bonchev–Trinajstić information content (AvgIpc) is 2.70. The molecular weight excluding hydrogens is 416 g/mol. The summed E-state index contributed by atoms with van der Waals surface area (Å²) in [5.74, 6) is 0.225. The maximum Gasteiger partial charge on any atom is 0.243 e. The number of hydrogen-bond acceptors (Lipinski definition) is 2. The zero-order valence-corrected chi connectivity index (χ0v) is 18.4. The second-order valence-electron chi connectivity index (χ2n) is 7.35. The highest BCUT2D eigenvalue weighted by molar-refractivity contribution is 9.10. The van der Waals surface area contributed by atoms with E-state index in [1.807, 2.05) is 61.5 Å². The highest BCUT2D eigenvalue weighted by atomic mass is 79.9. The minimum atomic E-state index is -0.544. The minimum Gasteiger partial charge on any atom is -0.354 e. The van der Waals surface area contributed by atoms with Gasteiger partial charge in [-0.1, -0.05) is 79.2 Å². The lowest BCUT2D eigenvalue weighted by Crippen LogP contribution is -2.50. The third-order valence-electron chi connectivity index (χ3n) is 4.52. The first-order valence-corrected chi connectivity index (χ1v) is 10.6. The standard InChI is InChI=1S/C23H29BrN2O2/c1-4-22(27)26(16-19-10-12-20(24)13-11-19)21(23(28)25-15-17(2)3)14-18-8-6-5-7-9-18/h5-13,17,21H,4,14-16H2,1-3H3,(H,25,28). The summed E-state index contributed by atoms with van der Waals surface area (Å²) < 4.78 is 0.986. The molecule has 0 spiro atoms. The van der Waals surface area contributed by atoms with Gasteiger partial charge in [0.2, 0.25) is 11.8 Å². The summed E-state index contributed by atoms with van der Waals surface area (Å²) in [6, 6.07) is 17.2. The van der Waals surface area contributed by atoms with Crippen molar-refractivity contribution in [1.29, 1.82) is 0 Å². The number of carbonyl (C=O) groups is 2. The van der Waals surface area contributed by atoms with Gasteiger partial charge in [0.05, 0.1) is 0 Å². The first-order chi connectivity index (χ1) is 13.4. The van der Waals surface area contributed by atoms with Crippen LogP contribution in [0.4, 0.5) is 0 Å². The molecule has 2 aromatic carbocycles. The fourth-order valence-corrected chi connectivity index (χ4v) is 3.23. The van der Waals surface area contributed by atoms with Crippen LogP contribution in [0.5, 0.6) is 0 Å². The zero-order chi connectivity index (χ0) is 20.5. The number of amides is 2. The van der Waals surface area contributed by atoms with Crippen LogP contribution in [-0.4, -0.2) is 29.3 Å². The Bertz CT molecular complexity index is 760. The molecule has 5 heteroatoms. The summed E-state index contributed by atoms with van der Waals surface area (Å²) in [6.07, 6.45) is 0.853. The third kappa shape index (κ3) is 6.79. The molecule has 0 radical (unpaired) electrons. The van der Waals surface area contributed by atoms with E-state index in [2.05, 4.69) is 35.1 Å². The van der Waals surface area contributed by atoms with Crippen molar-refractivity contribution in [1.82, 2.24) is 10.2 Å². The lowest BCUT2D eigenvalue weighted by Gasteiger charge is -2.31. The molecule has 28 heavy (non-hydrogen) atoms. The molecule has 0 heterocycles. The van der Waals surface area contributed by atoms with E-state index in [1.54, 1.807) is 4.90 Å². The lowest BCUT2D eigenvalue weighted by atomic mass is 10.0. The summed E-state index contributed by atoms with van der Waals surface area (Å²) in [4.78, 5) is 27.6. The van der Waals surface area contributed by atoms with E-state index in [9.17, 15) is 9.59 Å².